The minimum atomic E-state index is -0.0550. The van der Waals surface area contributed by atoms with Crippen LogP contribution in [0.25, 0.3) is 10.9 Å². The Morgan fingerprint density at radius 3 is 2.70 bits per heavy atom. The van der Waals surface area contributed by atoms with E-state index >= 15 is 0 Å². The fourth-order valence-corrected chi connectivity index (χ4v) is 4.00. The number of aromatic nitrogens is 2. The van der Waals surface area contributed by atoms with E-state index in [-0.39, 0.29) is 5.91 Å². The molecule has 27 heavy (non-hydrogen) atoms. The minimum Gasteiger partial charge on any atom is -0.378 e. The molecule has 0 unspecified atom stereocenters. The number of rotatable bonds is 5. The lowest BCUT2D eigenvalue weighted by molar-refractivity contribution is -0.113. The smallest absolute Gasteiger partial charge is 0.235 e. The first-order valence-electron chi connectivity index (χ1n) is 8.98. The molecule has 1 aliphatic rings. The number of nitrogens with zero attached hydrogens (tertiary/aromatic N) is 3. The van der Waals surface area contributed by atoms with Crippen LogP contribution in [-0.4, -0.2) is 47.7 Å². The summed E-state index contributed by atoms with van der Waals surface area (Å²) in [6.45, 7) is 3.11. The normalized spacial score (nSPS) is 14.5. The van der Waals surface area contributed by atoms with E-state index in [1.807, 2.05) is 54.2 Å². The van der Waals surface area contributed by atoms with Crippen molar-refractivity contribution >= 4 is 40.1 Å². The Morgan fingerprint density at radius 2 is 1.93 bits per heavy atom. The molecular weight excluding hydrogens is 360 g/mol. The number of nitrogens with one attached hydrogen (secondary N) is 1. The van der Waals surface area contributed by atoms with Crippen molar-refractivity contribution in [2.45, 2.75) is 4.90 Å². The van der Waals surface area contributed by atoms with Crippen LogP contribution in [0.4, 0.5) is 11.5 Å². The Morgan fingerprint density at radius 1 is 1.15 bits per heavy atom. The number of morpholine rings is 1. The monoisotopic (exact) mass is 382 g/mol. The third-order valence-corrected chi connectivity index (χ3v) is 5.59. The highest BCUT2D eigenvalue weighted by atomic mass is 32.2. The number of anilines is 2. The van der Waals surface area contributed by atoms with Gasteiger partial charge in [0.05, 0.1) is 35.6 Å². The minimum absolute atomic E-state index is 0.0550. The largest absolute Gasteiger partial charge is 0.378 e. The highest BCUT2D eigenvalue weighted by Crippen LogP contribution is 2.33. The molecule has 6 nitrogen and oxygen atoms in total. The molecule has 1 fully saturated rings. The molecule has 2 aromatic carbocycles. The number of fused-ring (bicyclic) bond motifs is 1. The van der Waals surface area contributed by atoms with E-state index in [2.05, 4.69) is 21.4 Å². The van der Waals surface area contributed by atoms with Crippen LogP contribution in [0.15, 0.2) is 53.4 Å². The second kappa shape index (κ2) is 8.02. The number of amides is 1. The Bertz CT molecular complexity index is 936. The second-order valence-corrected chi connectivity index (χ2v) is 7.44. The van der Waals surface area contributed by atoms with Crippen LogP contribution in [0.3, 0.4) is 0 Å². The molecule has 0 atom stereocenters. The Labute approximate surface area is 162 Å². The molecule has 1 aliphatic heterocycles. The van der Waals surface area contributed by atoms with Crippen LogP contribution in [0.1, 0.15) is 0 Å². The number of benzene rings is 2. The third-order valence-electron chi connectivity index (χ3n) is 4.58. The second-order valence-electron chi connectivity index (χ2n) is 6.39. The van der Waals surface area contributed by atoms with Gasteiger partial charge in [-0.15, -0.1) is 11.8 Å². The molecular formula is C20H22N4O2S. The number of ether oxygens (including phenoxy) is 1. The Hall–Kier alpha value is -2.51. The number of carbonyl (C=O) groups excluding carboxylic acids is 1. The maximum Gasteiger partial charge on any atom is 0.235 e. The van der Waals surface area contributed by atoms with Crippen LogP contribution >= 0.6 is 11.8 Å². The third kappa shape index (κ3) is 3.94. The van der Waals surface area contributed by atoms with E-state index < -0.39 is 0 Å². The zero-order valence-corrected chi connectivity index (χ0v) is 16.0. The molecule has 0 saturated carbocycles. The predicted molar refractivity (Wildman–Crippen MR) is 110 cm³/mol. The molecule has 4 rings (SSSR count). The molecule has 0 bridgehead atoms. The number of carbonyl (C=O) groups is 1. The van der Waals surface area contributed by atoms with E-state index in [1.165, 1.54) is 11.8 Å². The molecule has 140 valence electrons. The maximum atomic E-state index is 12.5. The lowest BCUT2D eigenvalue weighted by atomic mass is 10.1. The van der Waals surface area contributed by atoms with Gasteiger partial charge in [-0.3, -0.25) is 9.48 Å². The molecule has 0 aliphatic carbocycles. The number of thioether (sulfide) groups is 1. The van der Waals surface area contributed by atoms with Crippen molar-refractivity contribution in [2.75, 3.05) is 42.3 Å². The van der Waals surface area contributed by atoms with Gasteiger partial charge < -0.3 is 15.0 Å². The summed E-state index contributed by atoms with van der Waals surface area (Å²) in [5, 5.41) is 8.55. The lowest BCUT2D eigenvalue weighted by Gasteiger charge is -2.29. The molecule has 0 spiro atoms. The maximum absolute atomic E-state index is 12.5. The number of hydrogen-bond acceptors (Lipinski definition) is 5. The number of aryl methyl sites for hydroxylation is 1. The van der Waals surface area contributed by atoms with Gasteiger partial charge >= 0.3 is 0 Å². The van der Waals surface area contributed by atoms with Crippen molar-refractivity contribution in [3.8, 4) is 0 Å². The van der Waals surface area contributed by atoms with Crippen LogP contribution < -0.4 is 10.2 Å². The molecule has 0 radical (unpaired) electrons. The van der Waals surface area contributed by atoms with Gasteiger partial charge in [-0.05, 0) is 24.3 Å². The summed E-state index contributed by atoms with van der Waals surface area (Å²) in [4.78, 5) is 15.9. The van der Waals surface area contributed by atoms with Gasteiger partial charge in [0.25, 0.3) is 0 Å². The Kier molecular flexibility index (Phi) is 5.31. The van der Waals surface area contributed by atoms with Crippen LogP contribution in [0.5, 0.6) is 0 Å². The molecule has 1 aromatic heterocycles. The van der Waals surface area contributed by atoms with Crippen molar-refractivity contribution in [2.24, 2.45) is 7.05 Å². The zero-order chi connectivity index (χ0) is 18.6. The highest BCUT2D eigenvalue weighted by molar-refractivity contribution is 8.00. The zero-order valence-electron chi connectivity index (χ0n) is 15.2. The van der Waals surface area contributed by atoms with Crippen molar-refractivity contribution in [3.05, 3.63) is 48.5 Å². The average Bonchev–Trinajstić information content (AvgIpc) is 3.03. The molecule has 3 aromatic rings. The standard InChI is InChI=1S/C20H22N4O2S/c1-23-16-8-5-9-17(24-10-12-26-13-11-24)19(16)20(22-23)21-18(25)14-27-15-6-3-2-4-7-15/h2-9H,10-14H2,1H3,(H,21,22,25). The van der Waals surface area contributed by atoms with Crippen molar-refractivity contribution in [3.63, 3.8) is 0 Å². The first kappa shape index (κ1) is 17.9. The number of hydrogen-bond donors (Lipinski definition) is 1. The van der Waals surface area contributed by atoms with Crippen LogP contribution in [-0.2, 0) is 16.6 Å². The quantitative estimate of drug-likeness (QED) is 0.687. The van der Waals surface area contributed by atoms with Gasteiger partial charge in [0, 0.05) is 25.0 Å². The van der Waals surface area contributed by atoms with E-state index in [4.69, 9.17) is 4.74 Å². The summed E-state index contributed by atoms with van der Waals surface area (Å²) in [5.74, 6) is 0.913. The average molecular weight is 382 g/mol. The highest BCUT2D eigenvalue weighted by Gasteiger charge is 2.20. The molecule has 2 heterocycles. The van der Waals surface area contributed by atoms with E-state index in [0.29, 0.717) is 24.8 Å². The van der Waals surface area contributed by atoms with Crippen molar-refractivity contribution in [1.82, 2.24) is 9.78 Å². The van der Waals surface area contributed by atoms with Crippen molar-refractivity contribution in [1.29, 1.82) is 0 Å². The van der Waals surface area contributed by atoms with E-state index in [1.54, 1.807) is 0 Å². The molecule has 7 heteroatoms. The summed E-state index contributed by atoms with van der Waals surface area (Å²) in [7, 11) is 1.90. The lowest BCUT2D eigenvalue weighted by Crippen LogP contribution is -2.36. The van der Waals surface area contributed by atoms with Crippen molar-refractivity contribution < 1.29 is 9.53 Å². The summed E-state index contributed by atoms with van der Waals surface area (Å²) >= 11 is 1.52. The summed E-state index contributed by atoms with van der Waals surface area (Å²) in [6.07, 6.45) is 0. The van der Waals surface area contributed by atoms with E-state index in [9.17, 15) is 4.79 Å². The van der Waals surface area contributed by atoms with Gasteiger partial charge in [0.1, 0.15) is 0 Å². The Balaban J connectivity index is 1.56. The molecule has 1 N–H and O–H groups in total. The van der Waals surface area contributed by atoms with Crippen LogP contribution in [0, 0.1) is 0 Å². The van der Waals surface area contributed by atoms with Gasteiger partial charge in [0.15, 0.2) is 5.82 Å². The SMILES string of the molecule is Cn1nc(NC(=O)CSc2ccccc2)c2c(N3CCOCC3)cccc21. The molecule has 1 amide bonds. The summed E-state index contributed by atoms with van der Waals surface area (Å²) in [6, 6.07) is 16.1. The van der Waals surface area contributed by atoms with Gasteiger partial charge in [-0.1, -0.05) is 24.3 Å². The molecule has 1 saturated heterocycles. The first-order chi connectivity index (χ1) is 13.2. The topological polar surface area (TPSA) is 59.4 Å². The van der Waals surface area contributed by atoms with Gasteiger partial charge in [-0.25, -0.2) is 0 Å². The van der Waals surface area contributed by atoms with Gasteiger partial charge in [-0.2, -0.15) is 5.10 Å². The van der Waals surface area contributed by atoms with E-state index in [0.717, 1.165) is 34.6 Å². The predicted octanol–water partition coefficient (Wildman–Crippen LogP) is 3.14. The van der Waals surface area contributed by atoms with Gasteiger partial charge in [0.2, 0.25) is 5.91 Å². The summed E-state index contributed by atoms with van der Waals surface area (Å²) in [5.41, 5.74) is 2.10. The fraction of sp³-hybridized carbons (Fsp3) is 0.300. The summed E-state index contributed by atoms with van der Waals surface area (Å²) < 4.78 is 7.29. The first-order valence-corrected chi connectivity index (χ1v) is 9.97. The fourth-order valence-electron chi connectivity index (χ4n) is 3.28. The van der Waals surface area contributed by atoms with Crippen LogP contribution in [0.2, 0.25) is 0 Å².